The van der Waals surface area contributed by atoms with Crippen LogP contribution in [0.1, 0.15) is 26.3 Å². The summed E-state index contributed by atoms with van der Waals surface area (Å²) in [6, 6.07) is 10.5. The molecule has 0 N–H and O–H groups in total. The Morgan fingerprint density at radius 2 is 1.75 bits per heavy atom. The van der Waals surface area contributed by atoms with Crippen LogP contribution in [0, 0.1) is 10.1 Å². The number of esters is 2. The fourth-order valence-corrected chi connectivity index (χ4v) is 2.31. The molecule has 0 atom stereocenters. The van der Waals surface area contributed by atoms with Crippen molar-refractivity contribution in [2.24, 2.45) is 0 Å². The Morgan fingerprint density at radius 3 is 2.33 bits per heavy atom. The zero-order valence-corrected chi connectivity index (χ0v) is 14.1. The van der Waals surface area contributed by atoms with Crippen LogP contribution in [0.4, 0.5) is 5.69 Å². The number of ether oxygens (including phenoxy) is 2. The van der Waals surface area contributed by atoms with Crippen LogP contribution in [0.2, 0.25) is 0 Å². The molecule has 0 aromatic heterocycles. The molecule has 2 rings (SSSR count). The second-order valence-electron chi connectivity index (χ2n) is 4.68. The van der Waals surface area contributed by atoms with Crippen LogP contribution < -0.4 is 0 Å². The van der Waals surface area contributed by atoms with Gasteiger partial charge in [0, 0.05) is 22.2 Å². The van der Waals surface area contributed by atoms with E-state index in [0.29, 0.717) is 0 Å². The largest absolute Gasteiger partial charge is 0.465 e. The van der Waals surface area contributed by atoms with Gasteiger partial charge in [-0.1, -0.05) is 34.1 Å². The summed E-state index contributed by atoms with van der Waals surface area (Å²) in [7, 11) is 1.14. The summed E-state index contributed by atoms with van der Waals surface area (Å²) in [5, 5.41) is 11.0. The lowest BCUT2D eigenvalue weighted by Gasteiger charge is -2.08. The number of carbonyl (C=O) groups is 2. The predicted molar refractivity (Wildman–Crippen MR) is 87.7 cm³/mol. The van der Waals surface area contributed by atoms with E-state index in [-0.39, 0.29) is 17.7 Å². The number of carbonyl (C=O) groups excluding carboxylic acids is 2. The number of hydrogen-bond acceptors (Lipinski definition) is 6. The van der Waals surface area contributed by atoms with Crippen LogP contribution in [-0.2, 0) is 16.1 Å². The van der Waals surface area contributed by atoms with Gasteiger partial charge >= 0.3 is 11.9 Å². The third-order valence-electron chi connectivity index (χ3n) is 3.10. The predicted octanol–water partition coefficient (Wildman–Crippen LogP) is 3.50. The SMILES string of the molecule is COC(=O)c1cc(C(=O)OCc2ccccc2Br)cc([N+](=O)[O-])c1. The zero-order valence-electron chi connectivity index (χ0n) is 12.5. The number of nitro groups is 1. The minimum absolute atomic E-state index is 0.0174. The molecule has 124 valence electrons. The summed E-state index contributed by atoms with van der Waals surface area (Å²) in [4.78, 5) is 34.0. The Morgan fingerprint density at radius 1 is 1.12 bits per heavy atom. The number of nitro benzene ring substituents is 1. The maximum absolute atomic E-state index is 12.2. The van der Waals surface area contributed by atoms with Gasteiger partial charge in [0.05, 0.1) is 23.2 Å². The second-order valence-corrected chi connectivity index (χ2v) is 5.54. The van der Waals surface area contributed by atoms with Gasteiger partial charge in [0.15, 0.2) is 0 Å². The first-order chi connectivity index (χ1) is 11.4. The molecule has 24 heavy (non-hydrogen) atoms. The first-order valence-electron chi connectivity index (χ1n) is 6.70. The van der Waals surface area contributed by atoms with Crippen LogP contribution in [-0.4, -0.2) is 24.0 Å². The number of nitrogens with zero attached hydrogens (tertiary/aromatic N) is 1. The molecule has 0 bridgehead atoms. The van der Waals surface area contributed by atoms with Gasteiger partial charge in [-0.05, 0) is 12.1 Å². The van der Waals surface area contributed by atoms with E-state index in [4.69, 9.17) is 4.74 Å². The van der Waals surface area contributed by atoms with Crippen molar-refractivity contribution >= 4 is 33.6 Å². The Hall–Kier alpha value is -2.74. The number of non-ortho nitro benzene ring substituents is 1. The molecule has 0 spiro atoms. The van der Waals surface area contributed by atoms with E-state index in [2.05, 4.69) is 20.7 Å². The molecule has 7 nitrogen and oxygen atoms in total. The van der Waals surface area contributed by atoms with Crippen LogP contribution in [0.15, 0.2) is 46.9 Å². The minimum atomic E-state index is -0.779. The fraction of sp³-hybridized carbons (Fsp3) is 0.125. The highest BCUT2D eigenvalue weighted by molar-refractivity contribution is 9.10. The van der Waals surface area contributed by atoms with Crippen molar-refractivity contribution in [3.63, 3.8) is 0 Å². The lowest BCUT2D eigenvalue weighted by molar-refractivity contribution is -0.384. The minimum Gasteiger partial charge on any atom is -0.465 e. The second kappa shape index (κ2) is 7.69. The fourth-order valence-electron chi connectivity index (χ4n) is 1.91. The maximum atomic E-state index is 12.2. The molecule has 2 aromatic carbocycles. The first-order valence-corrected chi connectivity index (χ1v) is 7.50. The van der Waals surface area contributed by atoms with Gasteiger partial charge in [0.1, 0.15) is 6.61 Å². The van der Waals surface area contributed by atoms with E-state index in [0.717, 1.165) is 29.3 Å². The molecule has 0 aliphatic rings. The van der Waals surface area contributed by atoms with E-state index < -0.39 is 22.5 Å². The topological polar surface area (TPSA) is 95.7 Å². The van der Waals surface area contributed by atoms with Crippen LogP contribution in [0.5, 0.6) is 0 Å². The van der Waals surface area contributed by atoms with Gasteiger partial charge in [-0.2, -0.15) is 0 Å². The van der Waals surface area contributed by atoms with E-state index in [1.807, 2.05) is 6.07 Å². The molecule has 0 aliphatic carbocycles. The van der Waals surface area contributed by atoms with Gasteiger partial charge < -0.3 is 9.47 Å². The van der Waals surface area contributed by atoms with Crippen molar-refractivity contribution < 1.29 is 24.0 Å². The van der Waals surface area contributed by atoms with Crippen molar-refractivity contribution in [1.29, 1.82) is 0 Å². The molecule has 2 aromatic rings. The Kier molecular flexibility index (Phi) is 5.64. The summed E-state index contributed by atoms with van der Waals surface area (Å²) in [5.74, 6) is -1.56. The molecule has 0 amide bonds. The smallest absolute Gasteiger partial charge is 0.338 e. The summed E-state index contributed by atoms with van der Waals surface area (Å²) < 4.78 is 10.5. The number of rotatable bonds is 5. The van der Waals surface area contributed by atoms with Crippen molar-refractivity contribution in [3.8, 4) is 0 Å². The molecule has 0 saturated carbocycles. The maximum Gasteiger partial charge on any atom is 0.338 e. The summed E-state index contributed by atoms with van der Waals surface area (Å²) >= 11 is 3.33. The van der Waals surface area contributed by atoms with E-state index in [9.17, 15) is 19.7 Å². The molecule has 0 radical (unpaired) electrons. The van der Waals surface area contributed by atoms with Gasteiger partial charge in [-0.3, -0.25) is 10.1 Å². The Bertz CT molecular complexity index is 805. The van der Waals surface area contributed by atoms with Crippen molar-refractivity contribution in [2.75, 3.05) is 7.11 Å². The highest BCUT2D eigenvalue weighted by Gasteiger charge is 2.19. The lowest BCUT2D eigenvalue weighted by atomic mass is 10.1. The summed E-state index contributed by atoms with van der Waals surface area (Å²) in [5.41, 5.74) is 0.145. The number of methoxy groups -OCH3 is 1. The average molecular weight is 394 g/mol. The molecule has 8 heteroatoms. The Labute approximate surface area is 145 Å². The van der Waals surface area contributed by atoms with Gasteiger partial charge in [-0.15, -0.1) is 0 Å². The monoisotopic (exact) mass is 393 g/mol. The standard InChI is InChI=1S/C16H12BrNO6/c1-23-15(19)11-6-12(8-13(7-11)18(21)22)16(20)24-9-10-4-2-3-5-14(10)17/h2-8H,9H2,1H3. The molecule has 0 aliphatic heterocycles. The molecular weight excluding hydrogens is 382 g/mol. The zero-order chi connectivity index (χ0) is 17.7. The van der Waals surface area contributed by atoms with Gasteiger partial charge in [0.25, 0.3) is 5.69 Å². The van der Waals surface area contributed by atoms with E-state index in [1.54, 1.807) is 18.2 Å². The molecule has 0 unspecified atom stereocenters. The quantitative estimate of drug-likeness (QED) is 0.438. The third kappa shape index (κ3) is 4.17. The number of hydrogen-bond donors (Lipinski definition) is 0. The van der Waals surface area contributed by atoms with Crippen LogP contribution in [0.25, 0.3) is 0 Å². The highest BCUT2D eigenvalue weighted by atomic mass is 79.9. The summed E-state index contributed by atoms with van der Waals surface area (Å²) in [6.45, 7) is -0.0174. The number of benzene rings is 2. The molecule has 0 heterocycles. The highest BCUT2D eigenvalue weighted by Crippen LogP contribution is 2.21. The van der Waals surface area contributed by atoms with E-state index in [1.165, 1.54) is 6.07 Å². The molecular formula is C16H12BrNO6. The van der Waals surface area contributed by atoms with E-state index >= 15 is 0 Å². The third-order valence-corrected chi connectivity index (χ3v) is 3.88. The summed E-state index contributed by atoms with van der Waals surface area (Å²) in [6.07, 6.45) is 0. The normalized spacial score (nSPS) is 10.1. The average Bonchev–Trinajstić information content (AvgIpc) is 2.59. The molecule has 0 fully saturated rings. The van der Waals surface area contributed by atoms with Crippen molar-refractivity contribution in [3.05, 3.63) is 73.7 Å². The van der Waals surface area contributed by atoms with Crippen molar-refractivity contribution in [1.82, 2.24) is 0 Å². The van der Waals surface area contributed by atoms with Gasteiger partial charge in [0.2, 0.25) is 0 Å². The number of halogens is 1. The lowest BCUT2D eigenvalue weighted by Crippen LogP contribution is -2.09. The van der Waals surface area contributed by atoms with Crippen LogP contribution >= 0.6 is 15.9 Å². The Balaban J connectivity index is 2.25. The van der Waals surface area contributed by atoms with Crippen LogP contribution in [0.3, 0.4) is 0 Å². The molecule has 0 saturated heterocycles. The van der Waals surface area contributed by atoms with Gasteiger partial charge in [-0.25, -0.2) is 9.59 Å². The van der Waals surface area contributed by atoms with Crippen molar-refractivity contribution in [2.45, 2.75) is 6.61 Å². The first kappa shape index (κ1) is 17.6.